The van der Waals surface area contributed by atoms with E-state index in [1.807, 2.05) is 42.5 Å². The van der Waals surface area contributed by atoms with Gasteiger partial charge >= 0.3 is 6.09 Å². The molecule has 43 heavy (non-hydrogen) atoms. The fraction of sp³-hybridized carbons (Fsp3) is 0.382. The number of amides is 1. The van der Waals surface area contributed by atoms with E-state index in [9.17, 15) is 9.90 Å². The zero-order valence-corrected chi connectivity index (χ0v) is 25.8. The number of H-pyrrole nitrogens is 1. The predicted molar refractivity (Wildman–Crippen MR) is 170 cm³/mol. The Labute approximate surface area is 262 Å². The second-order valence-corrected chi connectivity index (χ2v) is 12.6. The Kier molecular flexibility index (Phi) is 9.14. The van der Waals surface area contributed by atoms with Crippen molar-refractivity contribution >= 4 is 40.2 Å². The molecule has 0 spiro atoms. The van der Waals surface area contributed by atoms with Crippen LogP contribution >= 0.6 is 23.2 Å². The molecule has 2 atom stereocenters. The van der Waals surface area contributed by atoms with Crippen LogP contribution in [0, 0.1) is 5.92 Å². The van der Waals surface area contributed by atoms with Crippen LogP contribution in [0.4, 0.5) is 4.79 Å². The number of likely N-dealkylation sites (tertiary alicyclic amines) is 1. The van der Waals surface area contributed by atoms with Crippen molar-refractivity contribution in [2.45, 2.75) is 44.8 Å². The second-order valence-electron chi connectivity index (χ2n) is 11.7. The van der Waals surface area contributed by atoms with E-state index in [0.717, 1.165) is 66.8 Å². The summed E-state index contributed by atoms with van der Waals surface area (Å²) in [6, 6.07) is 20.4. The summed E-state index contributed by atoms with van der Waals surface area (Å²) in [6.45, 7) is 5.85. The largest absolute Gasteiger partial charge is 0.490 e. The number of halogens is 2. The van der Waals surface area contributed by atoms with Gasteiger partial charge in [-0.15, -0.1) is 0 Å². The smallest absolute Gasteiger partial charge is 0.416 e. The van der Waals surface area contributed by atoms with E-state index in [1.165, 1.54) is 5.56 Å². The lowest BCUT2D eigenvalue weighted by molar-refractivity contribution is 0.0946. The molecule has 0 radical (unpaired) electrons. The first kappa shape index (κ1) is 29.8. The molecule has 2 aliphatic heterocycles. The van der Waals surface area contributed by atoms with Crippen LogP contribution in [0.25, 0.3) is 10.9 Å². The molecule has 1 amide bonds. The Morgan fingerprint density at radius 3 is 2.40 bits per heavy atom. The van der Waals surface area contributed by atoms with Crippen molar-refractivity contribution in [3.05, 3.63) is 93.6 Å². The number of ether oxygens (including phenoxy) is 2. The molecular weight excluding hydrogens is 585 g/mol. The molecule has 2 unspecified atom stereocenters. The quantitative estimate of drug-likeness (QED) is 0.213. The SMILES string of the molecule is CC(CO)CCN1CCC(Oc2ccc(C3c4[nH]c5ccc(Cl)cc5c4CCN3C(=O)Oc3ccc(Cl)cc3)cc2)CC1. The summed E-state index contributed by atoms with van der Waals surface area (Å²) in [5.74, 6) is 1.61. The molecule has 0 saturated carbocycles. The highest BCUT2D eigenvalue weighted by Crippen LogP contribution is 2.40. The molecule has 7 nitrogen and oxygen atoms in total. The van der Waals surface area contributed by atoms with Gasteiger partial charge in [0.25, 0.3) is 0 Å². The van der Waals surface area contributed by atoms with E-state index < -0.39 is 6.09 Å². The number of carbonyl (C=O) groups is 1. The molecule has 0 bridgehead atoms. The summed E-state index contributed by atoms with van der Waals surface area (Å²) in [6.07, 6.45) is 3.39. The van der Waals surface area contributed by atoms with Crippen LogP contribution in [0.2, 0.25) is 10.0 Å². The highest BCUT2D eigenvalue weighted by Gasteiger charge is 2.36. The monoisotopic (exact) mass is 621 g/mol. The molecule has 2 aliphatic rings. The number of fused-ring (bicyclic) bond motifs is 3. The Morgan fingerprint density at radius 2 is 1.67 bits per heavy atom. The van der Waals surface area contributed by atoms with E-state index in [4.69, 9.17) is 32.7 Å². The normalized spacial score (nSPS) is 18.4. The van der Waals surface area contributed by atoms with Gasteiger partial charge in [-0.3, -0.25) is 4.90 Å². The Balaban J connectivity index is 1.20. The third-order valence-corrected chi connectivity index (χ3v) is 9.11. The molecule has 1 aromatic heterocycles. The first-order valence-corrected chi connectivity index (χ1v) is 15.8. The number of nitrogens with one attached hydrogen (secondary N) is 1. The maximum Gasteiger partial charge on any atom is 0.416 e. The summed E-state index contributed by atoms with van der Waals surface area (Å²) in [5.41, 5.74) is 4.09. The van der Waals surface area contributed by atoms with Gasteiger partial charge in [0.05, 0.1) is 0 Å². The highest BCUT2D eigenvalue weighted by atomic mass is 35.5. The maximum absolute atomic E-state index is 13.6. The molecule has 6 rings (SSSR count). The zero-order valence-electron chi connectivity index (χ0n) is 24.3. The van der Waals surface area contributed by atoms with Crippen molar-refractivity contribution in [3.8, 4) is 11.5 Å². The maximum atomic E-state index is 13.6. The van der Waals surface area contributed by atoms with Gasteiger partial charge in [0.2, 0.25) is 0 Å². The number of hydrogen-bond donors (Lipinski definition) is 2. The lowest BCUT2D eigenvalue weighted by Gasteiger charge is -2.35. The van der Waals surface area contributed by atoms with E-state index in [0.29, 0.717) is 34.7 Å². The number of nitrogens with zero attached hydrogens (tertiary/aromatic N) is 2. The van der Waals surface area contributed by atoms with Gasteiger partial charge in [0.15, 0.2) is 0 Å². The molecule has 1 saturated heterocycles. The molecule has 3 heterocycles. The average Bonchev–Trinajstić information content (AvgIpc) is 3.39. The molecule has 9 heteroatoms. The van der Waals surface area contributed by atoms with Gasteiger partial charge in [-0.1, -0.05) is 42.3 Å². The van der Waals surface area contributed by atoms with Gasteiger partial charge < -0.3 is 24.5 Å². The van der Waals surface area contributed by atoms with Gasteiger partial charge in [-0.25, -0.2) is 4.79 Å². The van der Waals surface area contributed by atoms with Crippen molar-refractivity contribution in [2.24, 2.45) is 5.92 Å². The first-order valence-electron chi connectivity index (χ1n) is 15.0. The van der Waals surface area contributed by atoms with Crippen LogP contribution in [0.3, 0.4) is 0 Å². The highest BCUT2D eigenvalue weighted by molar-refractivity contribution is 6.31. The minimum atomic E-state index is -0.421. The first-order chi connectivity index (χ1) is 20.9. The third kappa shape index (κ3) is 6.80. The van der Waals surface area contributed by atoms with Crippen molar-refractivity contribution in [1.29, 1.82) is 0 Å². The Hall–Kier alpha value is -3.23. The standard InChI is InChI=1S/C34H37Cl2N3O4/c1-22(21-40)12-16-38-17-13-28(14-18-38)42-26-7-2-23(3-8-26)33-32-29(30-20-25(36)6-11-31(30)37-32)15-19-39(33)34(41)43-27-9-4-24(35)5-10-27/h2-11,20,22,28,33,37,40H,12-19,21H2,1H3. The minimum absolute atomic E-state index is 0.169. The van der Waals surface area contributed by atoms with Crippen LogP contribution in [0.15, 0.2) is 66.7 Å². The summed E-state index contributed by atoms with van der Waals surface area (Å²) in [4.78, 5) is 21.4. The van der Waals surface area contributed by atoms with Crippen molar-refractivity contribution in [3.63, 3.8) is 0 Å². The second kappa shape index (κ2) is 13.2. The van der Waals surface area contributed by atoms with Crippen LogP contribution in [-0.2, 0) is 6.42 Å². The third-order valence-electron chi connectivity index (χ3n) is 8.63. The molecule has 0 aliphatic carbocycles. The topological polar surface area (TPSA) is 78.0 Å². The van der Waals surface area contributed by atoms with Crippen molar-refractivity contribution in [2.75, 3.05) is 32.8 Å². The summed E-state index contributed by atoms with van der Waals surface area (Å²) >= 11 is 12.4. The van der Waals surface area contributed by atoms with E-state index in [2.05, 4.69) is 16.8 Å². The molecular formula is C34H37Cl2N3O4. The Bertz CT molecular complexity index is 1550. The number of rotatable bonds is 8. The molecule has 226 valence electrons. The lowest BCUT2D eigenvalue weighted by Crippen LogP contribution is -2.42. The minimum Gasteiger partial charge on any atom is -0.490 e. The van der Waals surface area contributed by atoms with Gasteiger partial charge in [-0.05, 0) is 104 Å². The summed E-state index contributed by atoms with van der Waals surface area (Å²) in [7, 11) is 0. The number of carbonyl (C=O) groups excluding carboxylic acids is 1. The van der Waals surface area contributed by atoms with Gasteiger partial charge in [0.1, 0.15) is 23.6 Å². The van der Waals surface area contributed by atoms with Crippen molar-refractivity contribution < 1.29 is 19.4 Å². The number of piperidine rings is 1. The predicted octanol–water partition coefficient (Wildman–Crippen LogP) is 7.48. The lowest BCUT2D eigenvalue weighted by atomic mass is 9.92. The number of aliphatic hydroxyl groups is 1. The fourth-order valence-corrected chi connectivity index (χ4v) is 6.43. The van der Waals surface area contributed by atoms with Crippen LogP contribution < -0.4 is 9.47 Å². The Morgan fingerprint density at radius 1 is 0.977 bits per heavy atom. The van der Waals surface area contributed by atoms with Crippen LogP contribution in [0.1, 0.15) is 49.0 Å². The van der Waals surface area contributed by atoms with Gasteiger partial charge in [0, 0.05) is 52.9 Å². The molecule has 3 aromatic carbocycles. The molecule has 1 fully saturated rings. The van der Waals surface area contributed by atoms with Gasteiger partial charge in [-0.2, -0.15) is 0 Å². The van der Waals surface area contributed by atoms with Crippen LogP contribution in [-0.4, -0.2) is 64.9 Å². The average molecular weight is 623 g/mol. The number of aromatic nitrogens is 1. The zero-order chi connectivity index (χ0) is 29.9. The van der Waals surface area contributed by atoms with Crippen molar-refractivity contribution in [1.82, 2.24) is 14.8 Å². The number of aromatic amines is 1. The number of benzene rings is 3. The summed E-state index contributed by atoms with van der Waals surface area (Å²) in [5, 5.41) is 11.6. The number of hydrogen-bond acceptors (Lipinski definition) is 5. The van der Waals surface area contributed by atoms with Crippen LogP contribution in [0.5, 0.6) is 11.5 Å². The molecule has 4 aromatic rings. The summed E-state index contributed by atoms with van der Waals surface area (Å²) < 4.78 is 12.2. The van der Waals surface area contributed by atoms with E-state index in [-0.39, 0.29) is 18.8 Å². The molecule has 2 N–H and O–H groups in total. The van der Waals surface area contributed by atoms with E-state index in [1.54, 1.807) is 29.2 Å². The van der Waals surface area contributed by atoms with E-state index >= 15 is 0 Å². The number of aliphatic hydroxyl groups excluding tert-OH is 1. The fourth-order valence-electron chi connectivity index (χ4n) is 6.13.